The second kappa shape index (κ2) is 13.3. The molecule has 0 fully saturated rings. The van der Waals surface area contributed by atoms with E-state index in [2.05, 4.69) is 9.88 Å². The van der Waals surface area contributed by atoms with Crippen LogP contribution in [0, 0.1) is 17.6 Å². The molecule has 2 heterocycles. The third-order valence-electron chi connectivity index (χ3n) is 5.89. The second-order valence-corrected chi connectivity index (χ2v) is 9.18. The summed E-state index contributed by atoms with van der Waals surface area (Å²) in [4.78, 5) is 31.3. The summed E-state index contributed by atoms with van der Waals surface area (Å²) in [6.07, 6.45) is -2.30. The summed E-state index contributed by atoms with van der Waals surface area (Å²) >= 11 is 0. The summed E-state index contributed by atoms with van der Waals surface area (Å²) in [5.74, 6) is -4.09. The number of hydrogen-bond donors (Lipinski definition) is 2. The average Bonchev–Trinajstić information content (AvgIpc) is 2.89. The topological polar surface area (TPSA) is 113 Å². The molecule has 0 aliphatic carbocycles. The number of benzene rings is 2. The molecule has 8 nitrogen and oxygen atoms in total. The third kappa shape index (κ3) is 8.70. The van der Waals surface area contributed by atoms with Gasteiger partial charge in [-0.25, -0.2) is 23.5 Å². The number of aliphatic carboxylic acids is 2. The van der Waals surface area contributed by atoms with E-state index in [-0.39, 0.29) is 24.5 Å². The Morgan fingerprint density at radius 3 is 2.40 bits per heavy atom. The lowest BCUT2D eigenvalue weighted by Gasteiger charge is -2.29. The van der Waals surface area contributed by atoms with Gasteiger partial charge in [0.15, 0.2) is 17.5 Å². The van der Waals surface area contributed by atoms with Crippen LogP contribution in [0.15, 0.2) is 48.7 Å². The molecular weight excluding hydrogens is 541 g/mol. The zero-order valence-corrected chi connectivity index (χ0v) is 21.3. The van der Waals surface area contributed by atoms with Gasteiger partial charge in [-0.3, -0.25) is 9.69 Å². The lowest BCUT2D eigenvalue weighted by Crippen LogP contribution is -2.35. The number of carboxylic acid groups (broad SMARTS) is 2. The molecule has 40 heavy (non-hydrogen) atoms. The first-order valence-corrected chi connectivity index (χ1v) is 12.1. The minimum absolute atomic E-state index is 0.0696. The molecule has 1 aliphatic rings. The number of rotatable bonds is 8. The number of ether oxygens (including phenoxy) is 1. The summed E-state index contributed by atoms with van der Waals surface area (Å²) in [6.45, 7) is 4.15. The van der Waals surface area contributed by atoms with E-state index in [1.54, 1.807) is 12.1 Å². The molecule has 1 unspecified atom stereocenters. The van der Waals surface area contributed by atoms with Gasteiger partial charge in [-0.15, -0.1) is 0 Å². The van der Waals surface area contributed by atoms with Crippen molar-refractivity contribution in [2.75, 3.05) is 13.1 Å². The Morgan fingerprint density at radius 2 is 1.77 bits per heavy atom. The second-order valence-electron chi connectivity index (χ2n) is 9.18. The van der Waals surface area contributed by atoms with E-state index in [1.165, 1.54) is 12.1 Å². The fourth-order valence-electron chi connectivity index (χ4n) is 3.99. The summed E-state index contributed by atoms with van der Waals surface area (Å²) in [6, 6.07) is 11.2. The van der Waals surface area contributed by atoms with Crippen molar-refractivity contribution >= 4 is 11.9 Å². The van der Waals surface area contributed by atoms with E-state index in [9.17, 15) is 26.7 Å². The lowest BCUT2D eigenvalue weighted by molar-refractivity contribution is -0.192. The maximum atomic E-state index is 13.8. The molecule has 0 amide bonds. The van der Waals surface area contributed by atoms with Gasteiger partial charge < -0.3 is 14.9 Å². The van der Waals surface area contributed by atoms with Gasteiger partial charge in [0.05, 0.1) is 5.69 Å². The first-order chi connectivity index (χ1) is 18.8. The lowest BCUT2D eigenvalue weighted by atomic mass is 10.0. The molecule has 3 aromatic rings. The van der Waals surface area contributed by atoms with Crippen LogP contribution in [0.3, 0.4) is 0 Å². The molecule has 13 heteroatoms. The van der Waals surface area contributed by atoms with Crippen LogP contribution in [0.5, 0.6) is 5.75 Å². The fourth-order valence-corrected chi connectivity index (χ4v) is 3.99. The Kier molecular flexibility index (Phi) is 10.1. The SMILES string of the molecule is CC(CC(=O)O)CN1CCc2nc(-c3ccc(OCc4cccc(F)c4F)cc3)ncc2C1.O=C(O)C(F)(F)F. The molecule has 214 valence electrons. The monoisotopic (exact) mass is 567 g/mol. The molecule has 0 saturated carbocycles. The van der Waals surface area contributed by atoms with Crippen molar-refractivity contribution in [3.8, 4) is 17.1 Å². The van der Waals surface area contributed by atoms with Crippen molar-refractivity contribution in [3.63, 3.8) is 0 Å². The maximum Gasteiger partial charge on any atom is 0.490 e. The minimum atomic E-state index is -5.08. The number of fused-ring (bicyclic) bond motifs is 1. The zero-order chi connectivity index (χ0) is 29.4. The quantitative estimate of drug-likeness (QED) is 0.362. The van der Waals surface area contributed by atoms with Gasteiger partial charge in [-0.05, 0) is 36.2 Å². The Balaban J connectivity index is 0.000000559. The van der Waals surface area contributed by atoms with Crippen LogP contribution in [0.1, 0.15) is 30.2 Å². The van der Waals surface area contributed by atoms with E-state index < -0.39 is 29.7 Å². The highest BCUT2D eigenvalue weighted by Gasteiger charge is 2.38. The van der Waals surface area contributed by atoms with E-state index in [0.29, 0.717) is 18.1 Å². The molecule has 4 rings (SSSR count). The van der Waals surface area contributed by atoms with E-state index in [0.717, 1.165) is 42.4 Å². The Bertz CT molecular complexity index is 1340. The number of carbonyl (C=O) groups is 2. The van der Waals surface area contributed by atoms with Crippen LogP contribution < -0.4 is 4.74 Å². The zero-order valence-electron chi connectivity index (χ0n) is 21.3. The smallest absolute Gasteiger partial charge is 0.489 e. The van der Waals surface area contributed by atoms with E-state index in [4.69, 9.17) is 24.7 Å². The highest BCUT2D eigenvalue weighted by molar-refractivity contribution is 5.73. The maximum absolute atomic E-state index is 13.8. The molecule has 2 aromatic carbocycles. The van der Waals surface area contributed by atoms with Crippen LogP contribution in [-0.4, -0.2) is 56.3 Å². The number of carboxylic acids is 2. The standard InChI is InChI=1S/C25H25F2N3O3.C2HF3O2/c1-16(11-23(31)32)13-30-10-9-22-19(14-30)12-28-25(29-22)17-5-7-20(8-6-17)33-15-18-3-2-4-21(26)24(18)27;3-2(4,5)1(6)7/h2-8,12,16H,9-11,13-15H2,1H3,(H,31,32);(H,6,7). The first-order valence-electron chi connectivity index (χ1n) is 12.1. The molecule has 0 spiro atoms. The van der Waals surface area contributed by atoms with Gasteiger partial charge in [-0.1, -0.05) is 19.1 Å². The molecule has 1 aromatic heterocycles. The van der Waals surface area contributed by atoms with Gasteiger partial charge in [-0.2, -0.15) is 13.2 Å². The predicted molar refractivity (Wildman–Crippen MR) is 132 cm³/mol. The molecule has 1 aliphatic heterocycles. The molecule has 2 N–H and O–H groups in total. The van der Waals surface area contributed by atoms with Crippen LogP contribution in [0.4, 0.5) is 22.0 Å². The van der Waals surface area contributed by atoms with Gasteiger partial charge in [0, 0.05) is 55.4 Å². The highest BCUT2D eigenvalue weighted by atomic mass is 19.4. The summed E-state index contributed by atoms with van der Waals surface area (Å²) in [5.41, 5.74) is 3.05. The molecule has 0 radical (unpaired) electrons. The van der Waals surface area contributed by atoms with Crippen molar-refractivity contribution in [3.05, 3.63) is 77.1 Å². The van der Waals surface area contributed by atoms with Crippen LogP contribution >= 0.6 is 0 Å². The average molecular weight is 568 g/mol. The summed E-state index contributed by atoms with van der Waals surface area (Å²) in [5, 5.41) is 16.1. The Labute approximate surface area is 226 Å². The fraction of sp³-hybridized carbons (Fsp3) is 0.333. The van der Waals surface area contributed by atoms with Crippen molar-refractivity contribution in [2.45, 2.75) is 39.1 Å². The molecule has 1 atom stereocenters. The Morgan fingerprint density at radius 1 is 1.10 bits per heavy atom. The van der Waals surface area contributed by atoms with Crippen LogP contribution in [0.2, 0.25) is 0 Å². The highest BCUT2D eigenvalue weighted by Crippen LogP contribution is 2.24. The van der Waals surface area contributed by atoms with Gasteiger partial charge >= 0.3 is 18.1 Å². The van der Waals surface area contributed by atoms with Crippen molar-refractivity contribution < 1.29 is 46.5 Å². The van der Waals surface area contributed by atoms with Crippen molar-refractivity contribution in [2.24, 2.45) is 5.92 Å². The number of halogens is 5. The van der Waals surface area contributed by atoms with Crippen LogP contribution in [0.25, 0.3) is 11.4 Å². The minimum Gasteiger partial charge on any atom is -0.489 e. The van der Waals surface area contributed by atoms with Gasteiger partial charge in [0.2, 0.25) is 0 Å². The first kappa shape index (κ1) is 30.4. The van der Waals surface area contributed by atoms with Crippen molar-refractivity contribution in [1.82, 2.24) is 14.9 Å². The summed E-state index contributed by atoms with van der Waals surface area (Å²) in [7, 11) is 0. The third-order valence-corrected chi connectivity index (χ3v) is 5.89. The van der Waals surface area contributed by atoms with Crippen molar-refractivity contribution in [1.29, 1.82) is 0 Å². The van der Waals surface area contributed by atoms with Crippen LogP contribution in [-0.2, 0) is 29.2 Å². The largest absolute Gasteiger partial charge is 0.490 e. The molecule has 0 bridgehead atoms. The van der Waals surface area contributed by atoms with Gasteiger partial charge in [0.1, 0.15) is 12.4 Å². The summed E-state index contributed by atoms with van der Waals surface area (Å²) < 4.78 is 64.4. The number of nitrogens with zero attached hydrogens (tertiary/aromatic N) is 3. The predicted octanol–water partition coefficient (Wildman–Crippen LogP) is 5.10. The number of alkyl halides is 3. The number of aromatic nitrogens is 2. The molecule has 0 saturated heterocycles. The molecular formula is C27H26F5N3O5. The number of hydrogen-bond acceptors (Lipinski definition) is 6. The van der Waals surface area contributed by atoms with E-state index in [1.807, 2.05) is 25.3 Å². The normalized spacial score (nSPS) is 13.9. The van der Waals surface area contributed by atoms with E-state index >= 15 is 0 Å². The Hall–Kier alpha value is -4.13. The van der Waals surface area contributed by atoms with Gasteiger partial charge in [0.25, 0.3) is 0 Å².